The average Bonchev–Trinajstić information content (AvgIpc) is 2.37. The van der Waals surface area contributed by atoms with Gasteiger partial charge in [-0.25, -0.2) is 8.42 Å². The standard InChI is InChI=1S/C13H11Cl3N2O2S/c1-7-11(17)3-2-4-12(7)21(19,20)18-13-9(15)5-8(14)6-10(13)16/h2-6,18H,17H2,1H3. The van der Waals surface area contributed by atoms with Crippen molar-refractivity contribution >= 4 is 56.2 Å². The minimum atomic E-state index is -3.87. The van der Waals surface area contributed by atoms with Crippen LogP contribution in [0.3, 0.4) is 0 Å². The van der Waals surface area contributed by atoms with Crippen LogP contribution in [-0.2, 0) is 10.0 Å². The minimum absolute atomic E-state index is 0.0598. The Kier molecular flexibility index (Phi) is 4.58. The molecule has 3 N–H and O–H groups in total. The molecule has 0 spiro atoms. The van der Waals surface area contributed by atoms with Crippen LogP contribution in [0.5, 0.6) is 0 Å². The Morgan fingerprint density at radius 1 is 1.10 bits per heavy atom. The molecule has 0 aliphatic heterocycles. The fourth-order valence-corrected chi connectivity index (χ4v) is 4.15. The molecule has 8 heteroatoms. The van der Waals surface area contributed by atoms with Crippen LogP contribution in [0.2, 0.25) is 15.1 Å². The van der Waals surface area contributed by atoms with Crippen LogP contribution in [0.1, 0.15) is 5.56 Å². The number of nitrogen functional groups attached to an aromatic ring is 1. The molecule has 0 aromatic heterocycles. The summed E-state index contributed by atoms with van der Waals surface area (Å²) in [5.41, 5.74) is 6.63. The molecule has 0 heterocycles. The molecule has 0 aliphatic rings. The van der Waals surface area contributed by atoms with Crippen LogP contribution in [0, 0.1) is 6.92 Å². The van der Waals surface area contributed by atoms with Gasteiger partial charge < -0.3 is 5.73 Å². The second-order valence-corrected chi connectivity index (χ2v) is 7.22. The normalized spacial score (nSPS) is 11.4. The maximum absolute atomic E-state index is 12.4. The van der Waals surface area contributed by atoms with Gasteiger partial charge in [0.05, 0.1) is 20.6 Å². The summed E-state index contributed by atoms with van der Waals surface area (Å²) in [5, 5.41) is 0.531. The molecule has 2 rings (SSSR count). The smallest absolute Gasteiger partial charge is 0.262 e. The summed E-state index contributed by atoms with van der Waals surface area (Å²) < 4.78 is 27.3. The summed E-state index contributed by atoms with van der Waals surface area (Å²) in [6, 6.07) is 7.43. The van der Waals surface area contributed by atoms with E-state index in [4.69, 9.17) is 40.5 Å². The zero-order valence-electron chi connectivity index (χ0n) is 10.8. The van der Waals surface area contributed by atoms with Crippen molar-refractivity contribution in [1.29, 1.82) is 0 Å². The van der Waals surface area contributed by atoms with E-state index in [1.807, 2.05) is 0 Å². The third kappa shape index (κ3) is 3.37. The highest BCUT2D eigenvalue weighted by atomic mass is 35.5. The van der Waals surface area contributed by atoms with Gasteiger partial charge in [-0.15, -0.1) is 0 Å². The van der Waals surface area contributed by atoms with Gasteiger partial charge >= 0.3 is 0 Å². The zero-order chi connectivity index (χ0) is 15.8. The number of rotatable bonds is 3. The summed E-state index contributed by atoms with van der Waals surface area (Å²) in [6.45, 7) is 1.62. The van der Waals surface area contributed by atoms with Crippen LogP contribution in [0.4, 0.5) is 11.4 Å². The predicted molar refractivity (Wildman–Crippen MR) is 87.9 cm³/mol. The van der Waals surface area contributed by atoms with E-state index in [0.717, 1.165) is 0 Å². The lowest BCUT2D eigenvalue weighted by Crippen LogP contribution is -2.15. The van der Waals surface area contributed by atoms with Gasteiger partial charge in [0.2, 0.25) is 0 Å². The molecule has 0 unspecified atom stereocenters. The Morgan fingerprint density at radius 2 is 1.67 bits per heavy atom. The van der Waals surface area contributed by atoms with Crippen molar-refractivity contribution < 1.29 is 8.42 Å². The number of nitrogens with two attached hydrogens (primary N) is 1. The molecule has 0 aliphatic carbocycles. The molecular weight excluding hydrogens is 355 g/mol. The van der Waals surface area contributed by atoms with Gasteiger partial charge in [-0.2, -0.15) is 0 Å². The Morgan fingerprint density at radius 3 is 2.24 bits per heavy atom. The first-order chi connectivity index (χ1) is 9.72. The molecule has 4 nitrogen and oxygen atoms in total. The first-order valence-corrected chi connectivity index (χ1v) is 8.36. The van der Waals surface area contributed by atoms with Gasteiger partial charge in [-0.05, 0) is 36.8 Å². The fourth-order valence-electron chi connectivity index (χ4n) is 1.75. The third-order valence-corrected chi connectivity index (χ3v) is 5.17. The molecule has 0 radical (unpaired) electrons. The zero-order valence-corrected chi connectivity index (χ0v) is 13.9. The van der Waals surface area contributed by atoms with Gasteiger partial charge in [0, 0.05) is 10.7 Å². The fraction of sp³-hybridized carbons (Fsp3) is 0.0769. The van der Waals surface area contributed by atoms with E-state index in [1.54, 1.807) is 19.1 Å². The van der Waals surface area contributed by atoms with Crippen molar-refractivity contribution in [1.82, 2.24) is 0 Å². The Bertz CT molecular complexity index is 784. The molecule has 0 bridgehead atoms. The predicted octanol–water partition coefficient (Wildman–Crippen LogP) is 4.34. The van der Waals surface area contributed by atoms with Crippen molar-refractivity contribution in [2.45, 2.75) is 11.8 Å². The maximum atomic E-state index is 12.4. The number of hydrogen-bond acceptors (Lipinski definition) is 3. The first-order valence-electron chi connectivity index (χ1n) is 5.75. The monoisotopic (exact) mass is 364 g/mol. The molecule has 2 aromatic rings. The van der Waals surface area contributed by atoms with E-state index in [0.29, 0.717) is 16.3 Å². The molecule has 0 fully saturated rings. The summed E-state index contributed by atoms with van der Waals surface area (Å²) >= 11 is 17.8. The van der Waals surface area contributed by atoms with Crippen molar-refractivity contribution in [3.63, 3.8) is 0 Å². The number of sulfonamides is 1. The number of hydrogen-bond donors (Lipinski definition) is 2. The molecule has 0 amide bonds. The number of halogens is 3. The first kappa shape index (κ1) is 16.2. The van der Waals surface area contributed by atoms with Crippen LogP contribution in [-0.4, -0.2) is 8.42 Å². The van der Waals surface area contributed by atoms with Gasteiger partial charge in [-0.1, -0.05) is 40.9 Å². The highest BCUT2D eigenvalue weighted by Gasteiger charge is 2.21. The van der Waals surface area contributed by atoms with E-state index in [-0.39, 0.29) is 20.6 Å². The minimum Gasteiger partial charge on any atom is -0.398 e. The van der Waals surface area contributed by atoms with E-state index in [2.05, 4.69) is 4.72 Å². The van der Waals surface area contributed by atoms with Gasteiger partial charge in [0.1, 0.15) is 0 Å². The Labute approximate surface area is 137 Å². The summed E-state index contributed by atoms with van der Waals surface area (Å²) in [5.74, 6) is 0. The van der Waals surface area contributed by atoms with E-state index >= 15 is 0 Å². The summed E-state index contributed by atoms with van der Waals surface area (Å²) in [6.07, 6.45) is 0. The largest absolute Gasteiger partial charge is 0.398 e. The van der Waals surface area contributed by atoms with Crippen molar-refractivity contribution in [3.8, 4) is 0 Å². The van der Waals surface area contributed by atoms with Crippen molar-refractivity contribution in [2.75, 3.05) is 10.5 Å². The lowest BCUT2D eigenvalue weighted by molar-refractivity contribution is 0.600. The summed E-state index contributed by atoms with van der Waals surface area (Å²) in [7, 11) is -3.87. The average molecular weight is 366 g/mol. The van der Waals surface area contributed by atoms with Crippen LogP contribution in [0.25, 0.3) is 0 Å². The van der Waals surface area contributed by atoms with Crippen molar-refractivity contribution in [3.05, 3.63) is 51.0 Å². The second kappa shape index (κ2) is 5.93. The Balaban J connectivity index is 2.50. The lowest BCUT2D eigenvalue weighted by atomic mass is 10.2. The quantitative estimate of drug-likeness (QED) is 0.795. The molecule has 112 valence electrons. The van der Waals surface area contributed by atoms with E-state index in [1.165, 1.54) is 18.2 Å². The van der Waals surface area contributed by atoms with Crippen LogP contribution in [0.15, 0.2) is 35.2 Å². The number of nitrogens with one attached hydrogen (secondary N) is 1. The van der Waals surface area contributed by atoms with Crippen molar-refractivity contribution in [2.24, 2.45) is 0 Å². The molecule has 21 heavy (non-hydrogen) atoms. The lowest BCUT2D eigenvalue weighted by Gasteiger charge is -2.14. The van der Waals surface area contributed by atoms with E-state index < -0.39 is 10.0 Å². The van der Waals surface area contributed by atoms with Gasteiger partial charge in [0.25, 0.3) is 10.0 Å². The Hall–Kier alpha value is -1.14. The molecule has 2 aromatic carbocycles. The molecular formula is C13H11Cl3N2O2S. The third-order valence-electron chi connectivity index (χ3n) is 2.86. The van der Waals surface area contributed by atoms with Crippen LogP contribution >= 0.6 is 34.8 Å². The summed E-state index contributed by atoms with van der Waals surface area (Å²) in [4.78, 5) is 0.0598. The van der Waals surface area contributed by atoms with E-state index in [9.17, 15) is 8.42 Å². The SMILES string of the molecule is Cc1c(N)cccc1S(=O)(=O)Nc1c(Cl)cc(Cl)cc1Cl. The topological polar surface area (TPSA) is 72.2 Å². The number of anilines is 2. The van der Waals surface area contributed by atoms with Crippen LogP contribution < -0.4 is 10.5 Å². The number of benzene rings is 2. The maximum Gasteiger partial charge on any atom is 0.262 e. The molecule has 0 saturated heterocycles. The highest BCUT2D eigenvalue weighted by molar-refractivity contribution is 7.92. The van der Waals surface area contributed by atoms with Gasteiger partial charge in [0.15, 0.2) is 0 Å². The second-order valence-electron chi connectivity index (χ2n) is 4.32. The molecule has 0 atom stereocenters. The molecule has 0 saturated carbocycles. The highest BCUT2D eigenvalue weighted by Crippen LogP contribution is 2.35. The van der Waals surface area contributed by atoms with Gasteiger partial charge in [-0.3, -0.25) is 4.72 Å².